The highest BCUT2D eigenvalue weighted by molar-refractivity contribution is 4.98. The number of hydrogen-bond donors (Lipinski definition) is 0. The summed E-state index contributed by atoms with van der Waals surface area (Å²) in [7, 11) is 0. The van der Waals surface area contributed by atoms with Crippen molar-refractivity contribution in [2.24, 2.45) is 11.3 Å². The maximum atomic E-state index is 2.81. The van der Waals surface area contributed by atoms with E-state index in [1.807, 2.05) is 0 Å². The van der Waals surface area contributed by atoms with Crippen molar-refractivity contribution in [2.75, 3.05) is 45.8 Å². The van der Waals surface area contributed by atoms with E-state index in [1.54, 1.807) is 0 Å². The van der Waals surface area contributed by atoms with Crippen molar-refractivity contribution in [3.05, 3.63) is 0 Å². The van der Waals surface area contributed by atoms with Crippen molar-refractivity contribution >= 4 is 0 Å². The Morgan fingerprint density at radius 1 is 0.818 bits per heavy atom. The van der Waals surface area contributed by atoms with Crippen molar-refractivity contribution in [1.29, 1.82) is 0 Å². The minimum absolute atomic E-state index is 0.642. The molecule has 3 nitrogen and oxygen atoms in total. The molecule has 0 aromatic heterocycles. The lowest BCUT2D eigenvalue weighted by molar-refractivity contribution is 0.124. The van der Waals surface area contributed by atoms with E-state index in [2.05, 4.69) is 42.4 Å². The quantitative estimate of drug-likeness (QED) is 0.791. The standard InChI is InChI=1S/C19H37N3/c1-16(2)21-9-5-18(6-10-21)13-20-11-7-19(14-20)8-12-22(15-19)17(3)4/h16-18H,5-15H2,1-4H3/t19-/m0/s1. The Hall–Kier alpha value is -0.120. The van der Waals surface area contributed by atoms with Crippen LogP contribution in [0.2, 0.25) is 0 Å². The van der Waals surface area contributed by atoms with Crippen molar-refractivity contribution in [3.8, 4) is 0 Å². The van der Waals surface area contributed by atoms with E-state index in [1.165, 1.54) is 71.5 Å². The first-order valence-corrected chi connectivity index (χ1v) is 9.68. The summed E-state index contributed by atoms with van der Waals surface area (Å²) in [5.41, 5.74) is 0.642. The maximum absolute atomic E-state index is 2.81. The topological polar surface area (TPSA) is 9.72 Å². The van der Waals surface area contributed by atoms with Crippen LogP contribution in [0.4, 0.5) is 0 Å². The smallest absolute Gasteiger partial charge is 0.00539 e. The molecule has 3 aliphatic heterocycles. The third-order valence-electron chi connectivity index (χ3n) is 6.61. The van der Waals surface area contributed by atoms with Crippen molar-refractivity contribution in [3.63, 3.8) is 0 Å². The molecule has 0 bridgehead atoms. The molecule has 0 aromatic rings. The molecule has 1 spiro atoms. The highest BCUT2D eigenvalue weighted by Gasteiger charge is 2.44. The summed E-state index contributed by atoms with van der Waals surface area (Å²) in [5.74, 6) is 0.952. The van der Waals surface area contributed by atoms with Crippen molar-refractivity contribution in [2.45, 2.75) is 65.5 Å². The molecular weight excluding hydrogens is 270 g/mol. The Balaban J connectivity index is 1.44. The third-order valence-corrected chi connectivity index (χ3v) is 6.61. The van der Waals surface area contributed by atoms with Crippen LogP contribution in [-0.2, 0) is 0 Å². The van der Waals surface area contributed by atoms with E-state index in [0.29, 0.717) is 5.41 Å². The van der Waals surface area contributed by atoms with Gasteiger partial charge < -0.3 is 14.7 Å². The van der Waals surface area contributed by atoms with Crippen molar-refractivity contribution < 1.29 is 0 Å². The molecule has 3 aliphatic rings. The average Bonchev–Trinajstić information content (AvgIpc) is 3.07. The van der Waals surface area contributed by atoms with E-state index in [9.17, 15) is 0 Å². The van der Waals surface area contributed by atoms with Crippen LogP contribution in [0.3, 0.4) is 0 Å². The van der Waals surface area contributed by atoms with Gasteiger partial charge in [0.1, 0.15) is 0 Å². The van der Waals surface area contributed by atoms with Gasteiger partial charge in [0.25, 0.3) is 0 Å². The second-order valence-electron chi connectivity index (χ2n) is 8.87. The van der Waals surface area contributed by atoms with Crippen molar-refractivity contribution in [1.82, 2.24) is 14.7 Å². The van der Waals surface area contributed by atoms with Gasteiger partial charge in [-0.25, -0.2) is 0 Å². The molecule has 3 rings (SSSR count). The largest absolute Gasteiger partial charge is 0.302 e. The first-order chi connectivity index (χ1) is 10.5. The number of likely N-dealkylation sites (tertiary alicyclic amines) is 3. The third kappa shape index (κ3) is 3.68. The summed E-state index contributed by atoms with van der Waals surface area (Å²) in [6, 6.07) is 1.46. The molecule has 3 saturated heterocycles. The van der Waals surface area contributed by atoms with E-state index in [-0.39, 0.29) is 0 Å². The van der Waals surface area contributed by atoms with Crippen LogP contribution in [0.5, 0.6) is 0 Å². The Kier molecular flexibility index (Phi) is 5.16. The highest BCUT2D eigenvalue weighted by atomic mass is 15.2. The zero-order valence-electron chi connectivity index (χ0n) is 15.4. The highest BCUT2D eigenvalue weighted by Crippen LogP contribution is 2.40. The summed E-state index contributed by atoms with van der Waals surface area (Å²) in [6.07, 6.45) is 5.72. The summed E-state index contributed by atoms with van der Waals surface area (Å²) in [6.45, 7) is 18.8. The first-order valence-electron chi connectivity index (χ1n) is 9.68. The zero-order chi connectivity index (χ0) is 15.7. The fourth-order valence-corrected chi connectivity index (χ4v) is 4.94. The number of piperidine rings is 1. The van der Waals surface area contributed by atoms with Crippen LogP contribution >= 0.6 is 0 Å². The summed E-state index contributed by atoms with van der Waals surface area (Å²) < 4.78 is 0. The second kappa shape index (κ2) is 6.78. The molecule has 0 aromatic carbocycles. The number of rotatable bonds is 4. The molecule has 0 unspecified atom stereocenters. The lowest BCUT2D eigenvalue weighted by atomic mass is 9.86. The van der Waals surface area contributed by atoms with Gasteiger partial charge in [-0.2, -0.15) is 0 Å². The lowest BCUT2D eigenvalue weighted by Crippen LogP contribution is -2.41. The van der Waals surface area contributed by atoms with Crippen LogP contribution in [0.25, 0.3) is 0 Å². The van der Waals surface area contributed by atoms with E-state index < -0.39 is 0 Å². The fraction of sp³-hybridized carbons (Fsp3) is 1.00. The van der Waals surface area contributed by atoms with Crippen LogP contribution in [0, 0.1) is 11.3 Å². The molecule has 3 heteroatoms. The van der Waals surface area contributed by atoms with Gasteiger partial charge in [0.05, 0.1) is 0 Å². The Morgan fingerprint density at radius 2 is 1.45 bits per heavy atom. The van der Waals surface area contributed by atoms with Gasteiger partial charge in [0.2, 0.25) is 0 Å². The van der Waals surface area contributed by atoms with Gasteiger partial charge in [-0.05, 0) is 90.9 Å². The molecular formula is C19H37N3. The molecule has 1 atom stereocenters. The van der Waals surface area contributed by atoms with Gasteiger partial charge in [0, 0.05) is 31.7 Å². The summed E-state index contributed by atoms with van der Waals surface area (Å²) in [4.78, 5) is 8.16. The molecule has 22 heavy (non-hydrogen) atoms. The van der Waals surface area contributed by atoms with Gasteiger partial charge >= 0.3 is 0 Å². The number of nitrogens with zero attached hydrogens (tertiary/aromatic N) is 3. The predicted molar refractivity (Wildman–Crippen MR) is 94.2 cm³/mol. The Morgan fingerprint density at radius 3 is 2.05 bits per heavy atom. The molecule has 0 saturated carbocycles. The van der Waals surface area contributed by atoms with Gasteiger partial charge in [0.15, 0.2) is 0 Å². The van der Waals surface area contributed by atoms with Crippen LogP contribution in [0.1, 0.15) is 53.4 Å². The molecule has 0 aliphatic carbocycles. The number of hydrogen-bond acceptors (Lipinski definition) is 3. The van der Waals surface area contributed by atoms with Gasteiger partial charge in [-0.15, -0.1) is 0 Å². The molecule has 3 fully saturated rings. The average molecular weight is 308 g/mol. The summed E-state index contributed by atoms with van der Waals surface area (Å²) >= 11 is 0. The summed E-state index contributed by atoms with van der Waals surface area (Å²) in [5, 5.41) is 0. The molecule has 0 amide bonds. The zero-order valence-corrected chi connectivity index (χ0v) is 15.4. The minimum Gasteiger partial charge on any atom is -0.302 e. The minimum atomic E-state index is 0.642. The van der Waals surface area contributed by atoms with Gasteiger partial charge in [-0.1, -0.05) is 0 Å². The van der Waals surface area contributed by atoms with Crippen LogP contribution in [0.15, 0.2) is 0 Å². The predicted octanol–water partition coefficient (Wildman–Crippen LogP) is 2.91. The van der Waals surface area contributed by atoms with Crippen LogP contribution < -0.4 is 0 Å². The van der Waals surface area contributed by atoms with E-state index >= 15 is 0 Å². The monoisotopic (exact) mass is 307 g/mol. The molecule has 3 heterocycles. The van der Waals surface area contributed by atoms with Crippen LogP contribution in [-0.4, -0.2) is 72.6 Å². The fourth-order valence-electron chi connectivity index (χ4n) is 4.94. The second-order valence-corrected chi connectivity index (χ2v) is 8.87. The molecule has 128 valence electrons. The molecule has 0 N–H and O–H groups in total. The Labute approximate surface area is 138 Å². The SMILES string of the molecule is CC(C)N1CCC(CN2CC[C@]3(CCN(C(C)C)C3)C2)CC1. The van der Waals surface area contributed by atoms with Gasteiger partial charge in [-0.3, -0.25) is 0 Å². The normalized spacial score (nSPS) is 33.0. The Bertz CT molecular complexity index is 360. The maximum Gasteiger partial charge on any atom is 0.00539 e. The first kappa shape index (κ1) is 16.7. The van der Waals surface area contributed by atoms with E-state index in [0.717, 1.165) is 18.0 Å². The van der Waals surface area contributed by atoms with E-state index in [4.69, 9.17) is 0 Å². The molecule has 0 radical (unpaired) electrons. The lowest BCUT2D eigenvalue weighted by Gasteiger charge is -2.36.